The van der Waals surface area contributed by atoms with E-state index in [0.29, 0.717) is 11.5 Å². The second-order valence-corrected chi connectivity index (χ2v) is 6.42. The van der Waals surface area contributed by atoms with Crippen LogP contribution in [0, 0.1) is 0 Å². The fourth-order valence-electron chi connectivity index (χ4n) is 2.72. The molecule has 3 aromatic rings. The van der Waals surface area contributed by atoms with Crippen LogP contribution in [0.5, 0.6) is 5.75 Å². The van der Waals surface area contributed by atoms with E-state index in [1.54, 1.807) is 19.1 Å². The topological polar surface area (TPSA) is 77.8 Å². The van der Waals surface area contributed by atoms with E-state index in [1.165, 1.54) is 5.56 Å². The van der Waals surface area contributed by atoms with E-state index in [4.69, 9.17) is 13.9 Å². The molecular weight excluding hydrogens is 358 g/mol. The standard InChI is InChI=1S/C22H23NO5/c1-3-16-8-10-18(11-9-16)26-14-22(25)27-13-21(24)23-15(2)20-12-17-6-4-5-7-19(17)28-20/h4-12,15H,3,13-14H2,1-2H3,(H,23,24)/t15-/m1/s1. The number of hydrogen-bond donors (Lipinski definition) is 1. The number of ether oxygens (including phenoxy) is 2. The molecule has 0 aliphatic rings. The van der Waals surface area contributed by atoms with Crippen LogP contribution in [-0.4, -0.2) is 25.1 Å². The monoisotopic (exact) mass is 381 g/mol. The van der Waals surface area contributed by atoms with Gasteiger partial charge in [0.2, 0.25) is 0 Å². The highest BCUT2D eigenvalue weighted by molar-refractivity contribution is 5.82. The van der Waals surface area contributed by atoms with Crippen molar-refractivity contribution in [3.63, 3.8) is 0 Å². The summed E-state index contributed by atoms with van der Waals surface area (Å²) in [5.41, 5.74) is 1.94. The Labute approximate surface area is 163 Å². The number of hydrogen-bond acceptors (Lipinski definition) is 5. The Hall–Kier alpha value is -3.28. The van der Waals surface area contributed by atoms with Gasteiger partial charge in [-0.15, -0.1) is 0 Å². The molecule has 1 heterocycles. The zero-order chi connectivity index (χ0) is 19.9. The number of fused-ring (bicyclic) bond motifs is 1. The van der Waals surface area contributed by atoms with Crippen molar-refractivity contribution in [2.75, 3.05) is 13.2 Å². The molecule has 28 heavy (non-hydrogen) atoms. The molecule has 0 spiro atoms. The van der Waals surface area contributed by atoms with Crippen LogP contribution in [0.15, 0.2) is 59.0 Å². The van der Waals surface area contributed by atoms with Gasteiger partial charge in [-0.05, 0) is 43.2 Å². The van der Waals surface area contributed by atoms with Gasteiger partial charge in [0.15, 0.2) is 13.2 Å². The molecule has 0 bridgehead atoms. The summed E-state index contributed by atoms with van der Waals surface area (Å²) in [6.07, 6.45) is 0.934. The van der Waals surface area contributed by atoms with E-state index in [-0.39, 0.29) is 19.3 Å². The molecule has 0 unspecified atom stereocenters. The SMILES string of the molecule is CCc1ccc(OCC(=O)OCC(=O)N[C@H](C)c2cc3ccccc3o2)cc1. The number of carbonyl (C=O) groups excluding carboxylic acids is 2. The molecule has 1 amide bonds. The fraction of sp³-hybridized carbons (Fsp3) is 0.273. The lowest BCUT2D eigenvalue weighted by atomic mass is 10.2. The molecule has 1 atom stereocenters. The highest BCUT2D eigenvalue weighted by atomic mass is 16.6. The molecular formula is C22H23NO5. The normalized spacial score (nSPS) is 11.8. The summed E-state index contributed by atoms with van der Waals surface area (Å²) in [6, 6.07) is 16.6. The lowest BCUT2D eigenvalue weighted by Gasteiger charge is -2.12. The van der Waals surface area contributed by atoms with Crippen LogP contribution in [-0.2, 0) is 20.7 Å². The molecule has 0 saturated carbocycles. The number of esters is 1. The second kappa shape index (κ2) is 9.08. The maximum atomic E-state index is 12.0. The molecule has 6 nitrogen and oxygen atoms in total. The minimum Gasteiger partial charge on any atom is -0.482 e. The molecule has 146 valence electrons. The van der Waals surface area contributed by atoms with Crippen molar-refractivity contribution >= 4 is 22.8 Å². The maximum Gasteiger partial charge on any atom is 0.344 e. The highest BCUT2D eigenvalue weighted by Crippen LogP contribution is 2.23. The average molecular weight is 381 g/mol. The highest BCUT2D eigenvalue weighted by Gasteiger charge is 2.15. The molecule has 6 heteroatoms. The first kappa shape index (κ1) is 19.5. The number of aryl methyl sites for hydroxylation is 1. The number of carbonyl (C=O) groups is 2. The van der Waals surface area contributed by atoms with Crippen LogP contribution < -0.4 is 10.1 Å². The van der Waals surface area contributed by atoms with Crippen molar-refractivity contribution in [3.05, 3.63) is 65.9 Å². The van der Waals surface area contributed by atoms with Crippen LogP contribution in [0.2, 0.25) is 0 Å². The molecule has 3 rings (SSSR count). The van der Waals surface area contributed by atoms with Gasteiger partial charge in [-0.3, -0.25) is 4.79 Å². The van der Waals surface area contributed by atoms with Crippen LogP contribution in [0.3, 0.4) is 0 Å². The van der Waals surface area contributed by atoms with Crippen molar-refractivity contribution < 1.29 is 23.5 Å². The first-order valence-corrected chi connectivity index (χ1v) is 9.20. The number of benzene rings is 2. The van der Waals surface area contributed by atoms with Crippen LogP contribution >= 0.6 is 0 Å². The Balaban J connectivity index is 1.42. The van der Waals surface area contributed by atoms with Crippen molar-refractivity contribution in [1.29, 1.82) is 0 Å². The quantitative estimate of drug-likeness (QED) is 0.601. The molecule has 0 aliphatic heterocycles. The van der Waals surface area contributed by atoms with Crippen molar-refractivity contribution in [1.82, 2.24) is 5.32 Å². The number of rotatable bonds is 8. The molecule has 0 saturated heterocycles. The summed E-state index contributed by atoms with van der Waals surface area (Å²) in [5, 5.41) is 3.72. The van der Waals surface area contributed by atoms with Gasteiger partial charge in [-0.25, -0.2) is 4.79 Å². The summed E-state index contributed by atoms with van der Waals surface area (Å²) in [4.78, 5) is 23.8. The van der Waals surface area contributed by atoms with E-state index < -0.39 is 11.9 Å². The zero-order valence-corrected chi connectivity index (χ0v) is 15.9. The zero-order valence-electron chi connectivity index (χ0n) is 15.9. The number of nitrogens with one attached hydrogen (secondary N) is 1. The van der Waals surface area contributed by atoms with Gasteiger partial charge in [0.25, 0.3) is 5.91 Å². The number of amides is 1. The third-order valence-corrected chi connectivity index (χ3v) is 4.30. The van der Waals surface area contributed by atoms with Gasteiger partial charge in [0.05, 0.1) is 6.04 Å². The largest absolute Gasteiger partial charge is 0.482 e. The summed E-state index contributed by atoms with van der Waals surface area (Å²) < 4.78 is 16.0. The summed E-state index contributed by atoms with van der Waals surface area (Å²) in [6.45, 7) is 3.24. The Morgan fingerprint density at radius 1 is 1.07 bits per heavy atom. The van der Waals surface area contributed by atoms with Crippen molar-refractivity contribution in [3.8, 4) is 5.75 Å². The predicted octanol–water partition coefficient (Wildman–Crippen LogP) is 3.79. The van der Waals surface area contributed by atoms with E-state index in [1.807, 2.05) is 42.5 Å². The Morgan fingerprint density at radius 2 is 1.82 bits per heavy atom. The molecule has 0 radical (unpaired) electrons. The van der Waals surface area contributed by atoms with E-state index >= 15 is 0 Å². The molecule has 0 aliphatic carbocycles. The Morgan fingerprint density at radius 3 is 2.54 bits per heavy atom. The summed E-state index contributed by atoms with van der Waals surface area (Å²) in [5.74, 6) is 0.205. The van der Waals surface area contributed by atoms with Crippen LogP contribution in [0.25, 0.3) is 11.0 Å². The lowest BCUT2D eigenvalue weighted by Crippen LogP contribution is -2.31. The van der Waals surface area contributed by atoms with E-state index in [2.05, 4.69) is 12.2 Å². The third kappa shape index (κ3) is 5.13. The van der Waals surface area contributed by atoms with Crippen LogP contribution in [0.4, 0.5) is 0 Å². The molecule has 1 aromatic heterocycles. The second-order valence-electron chi connectivity index (χ2n) is 6.42. The molecule has 1 N–H and O–H groups in total. The van der Waals surface area contributed by atoms with Gasteiger partial charge in [-0.1, -0.05) is 37.3 Å². The fourth-order valence-corrected chi connectivity index (χ4v) is 2.72. The van der Waals surface area contributed by atoms with Gasteiger partial charge in [-0.2, -0.15) is 0 Å². The summed E-state index contributed by atoms with van der Waals surface area (Å²) in [7, 11) is 0. The third-order valence-electron chi connectivity index (χ3n) is 4.30. The van der Waals surface area contributed by atoms with E-state index in [0.717, 1.165) is 17.4 Å². The Bertz CT molecular complexity index is 912. The Kier molecular flexibility index (Phi) is 6.32. The smallest absolute Gasteiger partial charge is 0.344 e. The number of furan rings is 1. The van der Waals surface area contributed by atoms with Gasteiger partial charge < -0.3 is 19.2 Å². The minimum atomic E-state index is -0.605. The van der Waals surface area contributed by atoms with Crippen molar-refractivity contribution in [2.45, 2.75) is 26.3 Å². The van der Waals surface area contributed by atoms with Crippen LogP contribution in [0.1, 0.15) is 31.2 Å². The first-order valence-electron chi connectivity index (χ1n) is 9.20. The van der Waals surface area contributed by atoms with Gasteiger partial charge >= 0.3 is 5.97 Å². The predicted molar refractivity (Wildman–Crippen MR) is 105 cm³/mol. The van der Waals surface area contributed by atoms with E-state index in [9.17, 15) is 9.59 Å². The maximum absolute atomic E-state index is 12.0. The summed E-state index contributed by atoms with van der Waals surface area (Å²) >= 11 is 0. The molecule has 0 fully saturated rings. The lowest BCUT2D eigenvalue weighted by molar-refractivity contribution is -0.150. The minimum absolute atomic E-state index is 0.252. The van der Waals surface area contributed by atoms with Gasteiger partial charge in [0.1, 0.15) is 17.1 Å². The average Bonchev–Trinajstić information content (AvgIpc) is 3.15. The molecule has 2 aromatic carbocycles. The first-order chi connectivity index (χ1) is 13.5. The van der Waals surface area contributed by atoms with Crippen molar-refractivity contribution in [2.24, 2.45) is 0 Å². The van der Waals surface area contributed by atoms with Gasteiger partial charge in [0, 0.05) is 5.39 Å². The number of para-hydroxylation sites is 1.